The Hall–Kier alpha value is -4.05. The number of imidazole rings is 1. The Morgan fingerprint density at radius 2 is 2.00 bits per heavy atom. The molecule has 4 aromatic rings. The number of piperidine rings is 1. The molecule has 0 saturated carbocycles. The predicted molar refractivity (Wildman–Crippen MR) is 133 cm³/mol. The quantitative estimate of drug-likeness (QED) is 0.405. The van der Waals surface area contributed by atoms with Crippen molar-refractivity contribution in [1.29, 1.82) is 0 Å². The summed E-state index contributed by atoms with van der Waals surface area (Å²) in [5, 5.41) is 2.69. The minimum atomic E-state index is -0.977. The van der Waals surface area contributed by atoms with Gasteiger partial charge in [0.25, 0.3) is 0 Å². The zero-order chi connectivity index (χ0) is 24.6. The third-order valence-corrected chi connectivity index (χ3v) is 6.55. The fourth-order valence-corrected chi connectivity index (χ4v) is 4.79. The Kier molecular flexibility index (Phi) is 5.81. The van der Waals surface area contributed by atoms with Crippen LogP contribution >= 0.6 is 0 Å². The van der Waals surface area contributed by atoms with Crippen molar-refractivity contribution in [3.63, 3.8) is 0 Å². The summed E-state index contributed by atoms with van der Waals surface area (Å²) in [6.45, 7) is 1.60. The van der Waals surface area contributed by atoms with Crippen molar-refractivity contribution in [2.75, 3.05) is 30.8 Å². The number of anilines is 2. The van der Waals surface area contributed by atoms with Crippen LogP contribution in [0.15, 0.2) is 55.1 Å². The SMILES string of the molecule is CNC(=O)C1(N)CCCN(c2ccc(-c3cccc(F)c3)cc2Cn2cnc3c(N)ncnc32)C1. The second kappa shape index (κ2) is 8.95. The molecular formula is C25H27FN8O. The first-order valence-electron chi connectivity index (χ1n) is 11.4. The minimum Gasteiger partial charge on any atom is -0.382 e. The molecule has 1 unspecified atom stereocenters. The Morgan fingerprint density at radius 1 is 1.17 bits per heavy atom. The van der Waals surface area contributed by atoms with E-state index in [9.17, 15) is 9.18 Å². The van der Waals surface area contributed by atoms with Gasteiger partial charge in [-0.25, -0.2) is 19.3 Å². The van der Waals surface area contributed by atoms with Crippen LogP contribution in [0.1, 0.15) is 18.4 Å². The molecule has 10 heteroatoms. The smallest absolute Gasteiger partial charge is 0.241 e. The zero-order valence-corrected chi connectivity index (χ0v) is 19.4. The maximum absolute atomic E-state index is 13.9. The van der Waals surface area contributed by atoms with Crippen LogP contribution in [0.2, 0.25) is 0 Å². The molecule has 2 aromatic carbocycles. The van der Waals surface area contributed by atoms with Crippen LogP contribution in [0.25, 0.3) is 22.3 Å². The first-order chi connectivity index (χ1) is 16.9. The standard InChI is InChI=1S/C25H27FN8O/c1-29-24(35)25(28)8-3-9-33(13-25)20-7-6-17(16-4-2-5-19(26)11-16)10-18(20)12-34-15-32-21-22(27)30-14-31-23(21)34/h2,4-7,10-11,14-15H,3,8-9,12-13,28H2,1H3,(H,29,35)(H2,27,30,31). The molecule has 0 aliphatic carbocycles. The van der Waals surface area contributed by atoms with E-state index in [1.54, 1.807) is 19.4 Å². The topological polar surface area (TPSA) is 128 Å². The molecule has 0 spiro atoms. The van der Waals surface area contributed by atoms with Crippen molar-refractivity contribution in [3.05, 3.63) is 66.5 Å². The van der Waals surface area contributed by atoms with Gasteiger partial charge < -0.3 is 26.3 Å². The summed E-state index contributed by atoms with van der Waals surface area (Å²) in [5.41, 5.74) is 16.2. The fourth-order valence-electron chi connectivity index (χ4n) is 4.79. The van der Waals surface area contributed by atoms with Crippen LogP contribution in [-0.2, 0) is 11.3 Å². The highest BCUT2D eigenvalue weighted by molar-refractivity contribution is 5.87. The number of carbonyl (C=O) groups excluding carboxylic acids is 1. The van der Waals surface area contributed by atoms with Gasteiger partial charge in [-0.3, -0.25) is 4.79 Å². The van der Waals surface area contributed by atoms with Crippen molar-refractivity contribution in [1.82, 2.24) is 24.8 Å². The van der Waals surface area contributed by atoms with Crippen LogP contribution < -0.4 is 21.7 Å². The molecule has 1 saturated heterocycles. The summed E-state index contributed by atoms with van der Waals surface area (Å²) in [5.74, 6) is -0.152. The number of fused-ring (bicyclic) bond motifs is 1. The normalized spacial score (nSPS) is 18.1. The highest BCUT2D eigenvalue weighted by Crippen LogP contribution is 2.32. The van der Waals surface area contributed by atoms with E-state index in [-0.39, 0.29) is 11.7 Å². The average molecular weight is 475 g/mol. The highest BCUT2D eigenvalue weighted by atomic mass is 19.1. The van der Waals surface area contributed by atoms with Gasteiger partial charge >= 0.3 is 0 Å². The zero-order valence-electron chi connectivity index (χ0n) is 19.4. The van der Waals surface area contributed by atoms with Crippen molar-refractivity contribution in [3.8, 4) is 11.1 Å². The fraction of sp³-hybridized carbons (Fsp3) is 0.280. The maximum Gasteiger partial charge on any atom is 0.241 e. The van der Waals surface area contributed by atoms with E-state index in [0.717, 1.165) is 35.3 Å². The first-order valence-corrected chi connectivity index (χ1v) is 11.4. The first kappa shape index (κ1) is 22.7. The molecule has 180 valence electrons. The summed E-state index contributed by atoms with van der Waals surface area (Å²) in [4.78, 5) is 27.4. The molecule has 5 rings (SSSR count). The van der Waals surface area contributed by atoms with E-state index in [0.29, 0.717) is 36.5 Å². The van der Waals surface area contributed by atoms with Crippen LogP contribution in [0.5, 0.6) is 0 Å². The number of hydrogen-bond donors (Lipinski definition) is 3. The maximum atomic E-state index is 13.9. The van der Waals surface area contributed by atoms with Gasteiger partial charge in [-0.2, -0.15) is 0 Å². The van der Waals surface area contributed by atoms with Crippen LogP contribution in [0.3, 0.4) is 0 Å². The molecule has 35 heavy (non-hydrogen) atoms. The molecule has 1 fully saturated rings. The van der Waals surface area contributed by atoms with Crippen molar-refractivity contribution < 1.29 is 9.18 Å². The predicted octanol–water partition coefficient (Wildman–Crippen LogP) is 2.31. The summed E-state index contributed by atoms with van der Waals surface area (Å²) in [6, 6.07) is 12.5. The van der Waals surface area contributed by atoms with E-state index < -0.39 is 5.54 Å². The monoisotopic (exact) mass is 474 g/mol. The number of benzene rings is 2. The van der Waals surface area contributed by atoms with Crippen LogP contribution in [-0.4, -0.2) is 51.1 Å². The molecule has 1 aliphatic heterocycles. The van der Waals surface area contributed by atoms with Gasteiger partial charge in [0.15, 0.2) is 11.5 Å². The van der Waals surface area contributed by atoms with Crippen LogP contribution in [0.4, 0.5) is 15.9 Å². The molecule has 2 aromatic heterocycles. The number of hydrogen-bond acceptors (Lipinski definition) is 7. The van der Waals surface area contributed by atoms with Gasteiger partial charge in [0, 0.05) is 25.8 Å². The molecule has 0 radical (unpaired) electrons. The average Bonchev–Trinajstić information content (AvgIpc) is 3.27. The molecular weight excluding hydrogens is 447 g/mol. The molecule has 1 amide bonds. The lowest BCUT2D eigenvalue weighted by atomic mass is 9.88. The van der Waals surface area contributed by atoms with E-state index in [1.807, 2.05) is 28.8 Å². The lowest BCUT2D eigenvalue weighted by molar-refractivity contribution is -0.126. The molecule has 5 N–H and O–H groups in total. The lowest BCUT2D eigenvalue weighted by Crippen LogP contribution is -2.62. The number of amides is 1. The van der Waals surface area contributed by atoms with Crippen molar-refractivity contribution >= 4 is 28.6 Å². The third kappa shape index (κ3) is 4.28. The van der Waals surface area contributed by atoms with Gasteiger partial charge in [-0.05, 0) is 53.8 Å². The van der Waals surface area contributed by atoms with Gasteiger partial charge in [0.1, 0.15) is 23.2 Å². The Morgan fingerprint density at radius 3 is 2.80 bits per heavy atom. The summed E-state index contributed by atoms with van der Waals surface area (Å²) in [7, 11) is 1.60. The van der Waals surface area contributed by atoms with E-state index >= 15 is 0 Å². The summed E-state index contributed by atoms with van der Waals surface area (Å²) >= 11 is 0. The van der Waals surface area contributed by atoms with E-state index in [4.69, 9.17) is 11.5 Å². The van der Waals surface area contributed by atoms with Crippen molar-refractivity contribution in [2.24, 2.45) is 5.73 Å². The number of nitrogens with zero attached hydrogens (tertiary/aromatic N) is 5. The number of likely N-dealkylation sites (N-methyl/N-ethyl adjacent to an activating group) is 1. The number of carbonyl (C=O) groups is 1. The van der Waals surface area contributed by atoms with Crippen molar-refractivity contribution in [2.45, 2.75) is 24.9 Å². The number of nitrogens with one attached hydrogen (secondary N) is 1. The molecule has 3 heterocycles. The van der Waals surface area contributed by atoms with Gasteiger partial charge in [-0.1, -0.05) is 18.2 Å². The van der Waals surface area contributed by atoms with Gasteiger partial charge in [0.2, 0.25) is 5.91 Å². The van der Waals surface area contributed by atoms with E-state index in [1.165, 1.54) is 18.5 Å². The van der Waals surface area contributed by atoms with E-state index in [2.05, 4.69) is 25.2 Å². The number of nitrogens with two attached hydrogens (primary N) is 2. The number of aromatic nitrogens is 4. The van der Waals surface area contributed by atoms with Crippen LogP contribution in [0, 0.1) is 5.82 Å². The Bertz CT molecular complexity index is 1400. The number of halogens is 1. The second-order valence-corrected chi connectivity index (χ2v) is 8.92. The largest absolute Gasteiger partial charge is 0.382 e. The second-order valence-electron chi connectivity index (χ2n) is 8.92. The number of rotatable bonds is 5. The Balaban J connectivity index is 1.58. The number of nitrogen functional groups attached to an aromatic ring is 1. The molecule has 1 atom stereocenters. The minimum absolute atomic E-state index is 0.173. The Labute approximate surface area is 202 Å². The summed E-state index contributed by atoms with van der Waals surface area (Å²) in [6.07, 6.45) is 4.49. The summed E-state index contributed by atoms with van der Waals surface area (Å²) < 4.78 is 15.8. The molecule has 0 bridgehead atoms. The highest BCUT2D eigenvalue weighted by Gasteiger charge is 2.38. The third-order valence-electron chi connectivity index (χ3n) is 6.55. The van der Waals surface area contributed by atoms with Gasteiger partial charge in [-0.15, -0.1) is 0 Å². The molecule has 1 aliphatic rings. The molecule has 9 nitrogen and oxygen atoms in total. The lowest BCUT2D eigenvalue weighted by Gasteiger charge is -2.40. The van der Waals surface area contributed by atoms with Gasteiger partial charge in [0.05, 0.1) is 12.9 Å².